The molecule has 1 saturated heterocycles. The molecule has 8 nitrogen and oxygen atoms in total. The Morgan fingerprint density at radius 2 is 2.14 bits per heavy atom. The van der Waals surface area contributed by atoms with Crippen LogP contribution < -0.4 is 10.6 Å². The third-order valence-electron chi connectivity index (χ3n) is 3.74. The van der Waals surface area contributed by atoms with Crippen molar-refractivity contribution in [2.24, 2.45) is 17.9 Å². The third kappa shape index (κ3) is 3.27. The first-order chi connectivity index (χ1) is 10.1. The minimum Gasteiger partial charge on any atom is -0.409 e. The summed E-state index contributed by atoms with van der Waals surface area (Å²) in [6.45, 7) is 3.88. The van der Waals surface area contributed by atoms with Crippen molar-refractivity contribution < 1.29 is 15.1 Å². The quantitative estimate of drug-likeness (QED) is 0.300. The molecule has 0 amide bonds. The summed E-state index contributed by atoms with van der Waals surface area (Å²) in [5.74, 6) is 0.942. The maximum absolute atomic E-state index is 8.95. The van der Waals surface area contributed by atoms with E-state index < -0.39 is 0 Å². The first kappa shape index (κ1) is 15.6. The first-order valence-corrected chi connectivity index (χ1v) is 7.07. The predicted octanol–water partition coefficient (Wildman–Crippen LogP) is -0.199. The minimum atomic E-state index is 0.0504. The van der Waals surface area contributed by atoms with Crippen LogP contribution in [0.4, 0.5) is 5.82 Å². The molecule has 2 rings (SSSR count). The van der Waals surface area contributed by atoms with Gasteiger partial charge in [-0.25, -0.2) is 0 Å². The van der Waals surface area contributed by atoms with Crippen LogP contribution in [-0.4, -0.2) is 58.3 Å². The van der Waals surface area contributed by atoms with E-state index in [1.807, 2.05) is 14.0 Å². The number of rotatable bonds is 5. The van der Waals surface area contributed by atoms with Crippen LogP contribution in [0.5, 0.6) is 0 Å². The van der Waals surface area contributed by atoms with Gasteiger partial charge in [0.05, 0.1) is 30.6 Å². The molecule has 8 heteroatoms. The molecule has 1 fully saturated rings. The highest BCUT2D eigenvalue weighted by Gasteiger charge is 2.26. The molecule has 0 radical (unpaired) electrons. The molecular formula is C13H23N5O3. The van der Waals surface area contributed by atoms with Crippen molar-refractivity contribution in [3.05, 3.63) is 11.3 Å². The van der Waals surface area contributed by atoms with E-state index in [1.165, 1.54) is 0 Å². The van der Waals surface area contributed by atoms with Gasteiger partial charge in [0.1, 0.15) is 5.82 Å². The van der Waals surface area contributed by atoms with E-state index in [0.29, 0.717) is 12.2 Å². The molecule has 21 heavy (non-hydrogen) atoms. The van der Waals surface area contributed by atoms with Crippen molar-refractivity contribution in [2.45, 2.75) is 25.9 Å². The number of amidine groups is 1. The molecule has 2 heterocycles. The number of hydrogen-bond donors (Lipinski definition) is 3. The Morgan fingerprint density at radius 3 is 2.71 bits per heavy atom. The highest BCUT2D eigenvalue weighted by molar-refractivity contribution is 6.02. The molecule has 0 aromatic carbocycles. The summed E-state index contributed by atoms with van der Waals surface area (Å²) in [5.41, 5.74) is 7.19. The van der Waals surface area contributed by atoms with Gasteiger partial charge in [0.25, 0.3) is 0 Å². The topological polar surface area (TPSA) is 109 Å². The molecule has 1 aromatic rings. The van der Waals surface area contributed by atoms with Crippen LogP contribution in [0, 0.1) is 6.92 Å². The van der Waals surface area contributed by atoms with Gasteiger partial charge in [-0.15, -0.1) is 0 Å². The average Bonchev–Trinajstić information content (AvgIpc) is 2.79. The number of nitrogens with two attached hydrogens (primary N) is 1. The number of nitrogens with zero attached hydrogens (tertiary/aromatic N) is 4. The smallest absolute Gasteiger partial charge is 0.175 e. The number of piperidine rings is 1. The van der Waals surface area contributed by atoms with Gasteiger partial charge in [0.2, 0.25) is 0 Å². The summed E-state index contributed by atoms with van der Waals surface area (Å²) in [4.78, 5) is 2.17. The van der Waals surface area contributed by atoms with Crippen LogP contribution in [0.3, 0.4) is 0 Å². The maximum atomic E-state index is 8.95. The van der Waals surface area contributed by atoms with E-state index in [4.69, 9.17) is 20.8 Å². The number of oxime groups is 1. The largest absolute Gasteiger partial charge is 0.409 e. The molecule has 0 unspecified atom stereocenters. The van der Waals surface area contributed by atoms with E-state index in [-0.39, 0.29) is 18.5 Å². The van der Waals surface area contributed by atoms with Crippen molar-refractivity contribution in [1.29, 1.82) is 0 Å². The second-order valence-electron chi connectivity index (χ2n) is 5.17. The summed E-state index contributed by atoms with van der Waals surface area (Å²) >= 11 is 0. The lowest BCUT2D eigenvalue weighted by atomic mass is 10.1. The Labute approximate surface area is 123 Å². The molecule has 1 aliphatic heterocycles. The Bertz CT molecular complexity index is 506. The third-order valence-corrected chi connectivity index (χ3v) is 3.74. The number of hydrogen-bond acceptors (Lipinski definition) is 6. The zero-order chi connectivity index (χ0) is 15.4. The number of ether oxygens (including phenoxy) is 1. The van der Waals surface area contributed by atoms with E-state index in [1.54, 1.807) is 4.68 Å². The van der Waals surface area contributed by atoms with Crippen LogP contribution in [0.25, 0.3) is 0 Å². The normalized spacial score (nSPS) is 17.5. The second kappa shape index (κ2) is 6.77. The Balaban J connectivity index is 2.13. The van der Waals surface area contributed by atoms with Crippen molar-refractivity contribution in [1.82, 2.24) is 9.78 Å². The molecule has 4 N–H and O–H groups in total. The minimum absolute atomic E-state index is 0.0504. The van der Waals surface area contributed by atoms with E-state index in [2.05, 4.69) is 15.2 Å². The van der Waals surface area contributed by atoms with Gasteiger partial charge in [-0.05, 0) is 19.8 Å². The molecular weight excluding hydrogens is 274 g/mol. The standard InChI is InChI=1S/C13H23N5O3/c1-9-11(12(14)16-20)13(17(2)15-9)18-5-3-10(4-6-18)21-8-7-19/h10,19-20H,3-8H2,1-2H3,(H2,14,16). The van der Waals surface area contributed by atoms with Gasteiger partial charge in [-0.2, -0.15) is 5.10 Å². The van der Waals surface area contributed by atoms with Crippen LogP contribution in [-0.2, 0) is 11.8 Å². The van der Waals surface area contributed by atoms with Crippen LogP contribution >= 0.6 is 0 Å². The molecule has 0 bridgehead atoms. The number of anilines is 1. The summed E-state index contributed by atoms with van der Waals surface area (Å²) in [5, 5.41) is 25.2. The van der Waals surface area contributed by atoms with E-state index in [0.717, 1.165) is 37.4 Å². The average molecular weight is 297 g/mol. The predicted molar refractivity (Wildman–Crippen MR) is 78.7 cm³/mol. The Kier molecular flexibility index (Phi) is 5.03. The van der Waals surface area contributed by atoms with Gasteiger partial charge in [0.15, 0.2) is 5.84 Å². The number of aliphatic hydroxyl groups is 1. The van der Waals surface area contributed by atoms with Gasteiger partial charge >= 0.3 is 0 Å². The maximum Gasteiger partial charge on any atom is 0.175 e. The zero-order valence-electron chi connectivity index (χ0n) is 12.5. The van der Waals surface area contributed by atoms with Crippen molar-refractivity contribution in [3.63, 3.8) is 0 Å². The second-order valence-corrected chi connectivity index (χ2v) is 5.17. The fraction of sp³-hybridized carbons (Fsp3) is 0.692. The van der Waals surface area contributed by atoms with Gasteiger partial charge in [-0.3, -0.25) is 4.68 Å². The Morgan fingerprint density at radius 1 is 1.48 bits per heavy atom. The lowest BCUT2D eigenvalue weighted by molar-refractivity contribution is 0.0158. The van der Waals surface area contributed by atoms with Crippen molar-refractivity contribution >= 4 is 11.7 Å². The molecule has 0 spiro atoms. The summed E-state index contributed by atoms with van der Waals surface area (Å²) in [6.07, 6.45) is 1.93. The Hall–Kier alpha value is -1.80. The molecule has 0 saturated carbocycles. The van der Waals surface area contributed by atoms with Crippen molar-refractivity contribution in [2.75, 3.05) is 31.2 Å². The van der Waals surface area contributed by atoms with Crippen molar-refractivity contribution in [3.8, 4) is 0 Å². The molecule has 0 atom stereocenters. The molecule has 0 aliphatic carbocycles. The SMILES string of the molecule is Cc1nn(C)c(N2CCC(OCCO)CC2)c1C(N)=NO. The highest BCUT2D eigenvalue weighted by Crippen LogP contribution is 2.26. The molecule has 1 aromatic heterocycles. The number of aryl methyl sites for hydroxylation is 2. The number of aliphatic hydroxyl groups excluding tert-OH is 1. The van der Waals surface area contributed by atoms with Crippen LogP contribution in [0.1, 0.15) is 24.1 Å². The summed E-state index contributed by atoms with van der Waals surface area (Å²) < 4.78 is 7.32. The van der Waals surface area contributed by atoms with E-state index >= 15 is 0 Å². The highest BCUT2D eigenvalue weighted by atomic mass is 16.5. The molecule has 1 aliphatic rings. The first-order valence-electron chi connectivity index (χ1n) is 7.07. The fourth-order valence-electron chi connectivity index (χ4n) is 2.81. The van der Waals surface area contributed by atoms with Gasteiger partial charge in [-0.1, -0.05) is 5.16 Å². The molecule has 118 valence electrons. The number of aromatic nitrogens is 2. The van der Waals surface area contributed by atoms with Gasteiger partial charge in [0, 0.05) is 20.1 Å². The van der Waals surface area contributed by atoms with Crippen LogP contribution in [0.2, 0.25) is 0 Å². The fourth-order valence-corrected chi connectivity index (χ4v) is 2.81. The monoisotopic (exact) mass is 297 g/mol. The summed E-state index contributed by atoms with van der Waals surface area (Å²) in [6, 6.07) is 0. The van der Waals surface area contributed by atoms with E-state index in [9.17, 15) is 0 Å². The lowest BCUT2D eigenvalue weighted by Gasteiger charge is -2.33. The lowest BCUT2D eigenvalue weighted by Crippen LogP contribution is -2.39. The summed E-state index contributed by atoms with van der Waals surface area (Å²) in [7, 11) is 1.85. The van der Waals surface area contributed by atoms with Crippen LogP contribution in [0.15, 0.2) is 5.16 Å². The van der Waals surface area contributed by atoms with Gasteiger partial charge < -0.3 is 25.7 Å². The zero-order valence-corrected chi connectivity index (χ0v) is 12.5.